The van der Waals surface area contributed by atoms with Gasteiger partial charge in [-0.25, -0.2) is 4.98 Å². The standard InChI is InChI=1S/C24H26N4O2/c1-15-3-4-16(2)18(9-15)11-22(29)27-12-17-10-19(14-27)21-6-5-20(23-25-7-8-26-23)24(30)28(21)13-17/h3-9,17,19H,10-14H2,1-2H3,(H,25,26)/t17-,19+/m0/s1. The van der Waals surface area contributed by atoms with Crippen molar-refractivity contribution in [3.63, 3.8) is 0 Å². The molecule has 2 aliphatic rings. The predicted molar refractivity (Wildman–Crippen MR) is 115 cm³/mol. The first-order valence-electron chi connectivity index (χ1n) is 10.6. The molecule has 2 bridgehead atoms. The lowest BCUT2D eigenvalue weighted by molar-refractivity contribution is -0.133. The molecule has 1 N–H and O–H groups in total. The fourth-order valence-corrected chi connectivity index (χ4v) is 5.01. The quantitative estimate of drug-likeness (QED) is 0.732. The maximum absolute atomic E-state index is 13.1. The Balaban J connectivity index is 1.39. The van der Waals surface area contributed by atoms with Crippen LogP contribution >= 0.6 is 0 Å². The van der Waals surface area contributed by atoms with Crippen LogP contribution in [0.15, 0.2) is 47.5 Å². The van der Waals surface area contributed by atoms with Gasteiger partial charge >= 0.3 is 0 Å². The Labute approximate surface area is 175 Å². The minimum Gasteiger partial charge on any atom is -0.344 e. The Morgan fingerprint density at radius 1 is 1.17 bits per heavy atom. The normalized spacial score (nSPS) is 20.1. The number of hydrogen-bond donors (Lipinski definition) is 1. The van der Waals surface area contributed by atoms with Crippen LogP contribution in [0.4, 0.5) is 0 Å². The number of pyridine rings is 1. The van der Waals surface area contributed by atoms with Gasteiger partial charge in [0.2, 0.25) is 5.91 Å². The average molecular weight is 402 g/mol. The molecule has 0 saturated carbocycles. The highest BCUT2D eigenvalue weighted by Gasteiger charge is 2.36. The van der Waals surface area contributed by atoms with Crippen LogP contribution in [0.3, 0.4) is 0 Å². The third-order valence-corrected chi connectivity index (χ3v) is 6.56. The lowest BCUT2D eigenvalue weighted by Crippen LogP contribution is -2.49. The van der Waals surface area contributed by atoms with Gasteiger partial charge in [0.25, 0.3) is 5.56 Å². The highest BCUT2D eigenvalue weighted by atomic mass is 16.2. The number of imidazole rings is 1. The number of H-pyrrole nitrogens is 1. The van der Waals surface area contributed by atoms with Gasteiger partial charge in [-0.1, -0.05) is 23.8 Å². The number of aryl methyl sites for hydroxylation is 2. The Morgan fingerprint density at radius 2 is 2.03 bits per heavy atom. The number of rotatable bonds is 3. The second-order valence-corrected chi connectivity index (χ2v) is 8.73. The average Bonchev–Trinajstić information content (AvgIpc) is 3.26. The van der Waals surface area contributed by atoms with E-state index in [1.807, 2.05) is 21.6 Å². The molecule has 0 unspecified atom stereocenters. The Morgan fingerprint density at radius 3 is 2.83 bits per heavy atom. The number of carbonyl (C=O) groups is 1. The first kappa shape index (κ1) is 18.9. The van der Waals surface area contributed by atoms with E-state index in [9.17, 15) is 9.59 Å². The minimum atomic E-state index is 0.00677. The van der Waals surface area contributed by atoms with E-state index in [-0.39, 0.29) is 17.4 Å². The molecule has 6 nitrogen and oxygen atoms in total. The molecule has 1 aromatic carbocycles. The molecule has 1 saturated heterocycles. The molecular weight excluding hydrogens is 376 g/mol. The number of amides is 1. The van der Waals surface area contributed by atoms with E-state index >= 15 is 0 Å². The summed E-state index contributed by atoms with van der Waals surface area (Å²) < 4.78 is 1.91. The summed E-state index contributed by atoms with van der Waals surface area (Å²) in [5.74, 6) is 1.31. The highest BCUT2D eigenvalue weighted by Crippen LogP contribution is 2.36. The van der Waals surface area contributed by atoms with E-state index in [0.29, 0.717) is 36.8 Å². The first-order chi connectivity index (χ1) is 14.5. The molecule has 4 heterocycles. The molecule has 1 fully saturated rings. The molecule has 6 heteroatoms. The van der Waals surface area contributed by atoms with Crippen molar-refractivity contribution in [1.82, 2.24) is 19.4 Å². The number of fused-ring (bicyclic) bond motifs is 4. The third kappa shape index (κ3) is 3.26. The van der Waals surface area contributed by atoms with Gasteiger partial charge in [0.1, 0.15) is 5.82 Å². The molecule has 2 aliphatic heterocycles. The minimum absolute atomic E-state index is 0.00677. The van der Waals surface area contributed by atoms with Gasteiger partial charge < -0.3 is 14.5 Å². The van der Waals surface area contributed by atoms with Crippen molar-refractivity contribution >= 4 is 5.91 Å². The number of piperidine rings is 1. The molecule has 3 aromatic rings. The fourth-order valence-electron chi connectivity index (χ4n) is 5.01. The Hall–Kier alpha value is -3.15. The van der Waals surface area contributed by atoms with E-state index in [1.54, 1.807) is 12.4 Å². The monoisotopic (exact) mass is 402 g/mol. The molecule has 0 aliphatic carbocycles. The SMILES string of the molecule is Cc1ccc(C)c(CC(=O)N2C[C@@H]3C[C@H](C2)c2ccc(-c4ncc[nH]4)c(=O)n2C3)c1. The van der Waals surface area contributed by atoms with Crippen LogP contribution in [0.2, 0.25) is 0 Å². The lowest BCUT2D eigenvalue weighted by Gasteiger charge is -2.43. The zero-order valence-electron chi connectivity index (χ0n) is 17.4. The molecule has 1 amide bonds. The topological polar surface area (TPSA) is 71.0 Å². The predicted octanol–water partition coefficient (Wildman–Crippen LogP) is 3.04. The molecular formula is C24H26N4O2. The number of aromatic nitrogens is 3. The fraction of sp³-hybridized carbons (Fsp3) is 0.375. The van der Waals surface area contributed by atoms with Crippen molar-refractivity contribution in [2.75, 3.05) is 13.1 Å². The largest absolute Gasteiger partial charge is 0.344 e. The third-order valence-electron chi connectivity index (χ3n) is 6.56. The van der Waals surface area contributed by atoms with E-state index in [2.05, 4.69) is 42.0 Å². The summed E-state index contributed by atoms with van der Waals surface area (Å²) in [7, 11) is 0. The van der Waals surface area contributed by atoms with Crippen molar-refractivity contribution < 1.29 is 4.79 Å². The summed E-state index contributed by atoms with van der Waals surface area (Å²) in [4.78, 5) is 35.5. The van der Waals surface area contributed by atoms with Crippen molar-refractivity contribution in [2.45, 2.75) is 39.2 Å². The van der Waals surface area contributed by atoms with Crippen LogP contribution in [-0.2, 0) is 17.8 Å². The van der Waals surface area contributed by atoms with Crippen LogP contribution in [0, 0.1) is 19.8 Å². The molecule has 0 spiro atoms. The summed E-state index contributed by atoms with van der Waals surface area (Å²) in [5, 5.41) is 0. The van der Waals surface area contributed by atoms with Gasteiger partial charge in [-0.2, -0.15) is 0 Å². The summed E-state index contributed by atoms with van der Waals surface area (Å²) in [5.41, 5.74) is 5.10. The zero-order valence-corrected chi connectivity index (χ0v) is 17.4. The van der Waals surface area contributed by atoms with E-state index in [1.165, 1.54) is 5.56 Å². The number of hydrogen-bond acceptors (Lipinski definition) is 3. The molecule has 5 rings (SSSR count). The number of likely N-dealkylation sites (tertiary alicyclic amines) is 1. The molecule has 2 aromatic heterocycles. The van der Waals surface area contributed by atoms with E-state index < -0.39 is 0 Å². The second-order valence-electron chi connectivity index (χ2n) is 8.73. The van der Waals surface area contributed by atoms with Crippen LogP contribution < -0.4 is 5.56 Å². The van der Waals surface area contributed by atoms with Crippen molar-refractivity contribution in [2.24, 2.45) is 5.92 Å². The lowest BCUT2D eigenvalue weighted by atomic mass is 9.82. The first-order valence-corrected chi connectivity index (χ1v) is 10.6. The number of nitrogens with zero attached hydrogens (tertiary/aromatic N) is 3. The second kappa shape index (κ2) is 7.27. The van der Waals surface area contributed by atoms with Crippen LogP contribution in [-0.4, -0.2) is 38.4 Å². The summed E-state index contributed by atoms with van der Waals surface area (Å²) >= 11 is 0. The molecule has 0 radical (unpaired) electrons. The summed E-state index contributed by atoms with van der Waals surface area (Å²) in [6.45, 7) is 6.18. The van der Waals surface area contributed by atoms with Crippen molar-refractivity contribution in [3.8, 4) is 11.4 Å². The van der Waals surface area contributed by atoms with Gasteiger partial charge in [0, 0.05) is 43.6 Å². The van der Waals surface area contributed by atoms with Crippen molar-refractivity contribution in [3.05, 3.63) is 75.5 Å². The van der Waals surface area contributed by atoms with Gasteiger partial charge in [-0.15, -0.1) is 0 Å². The molecule has 30 heavy (non-hydrogen) atoms. The van der Waals surface area contributed by atoms with Gasteiger partial charge in [-0.3, -0.25) is 9.59 Å². The summed E-state index contributed by atoms with van der Waals surface area (Å²) in [6, 6.07) is 10.2. The van der Waals surface area contributed by atoms with E-state index in [0.717, 1.165) is 29.8 Å². The van der Waals surface area contributed by atoms with Crippen LogP contribution in [0.5, 0.6) is 0 Å². The van der Waals surface area contributed by atoms with Gasteiger partial charge in [0.05, 0.1) is 12.0 Å². The van der Waals surface area contributed by atoms with Crippen LogP contribution in [0.25, 0.3) is 11.4 Å². The maximum Gasteiger partial charge on any atom is 0.261 e. The summed E-state index contributed by atoms with van der Waals surface area (Å²) in [6.07, 6.45) is 4.87. The maximum atomic E-state index is 13.1. The van der Waals surface area contributed by atoms with Crippen LogP contribution in [0.1, 0.15) is 34.7 Å². The highest BCUT2D eigenvalue weighted by molar-refractivity contribution is 5.79. The number of nitrogens with one attached hydrogen (secondary N) is 1. The number of benzene rings is 1. The zero-order chi connectivity index (χ0) is 20.8. The Bertz CT molecular complexity index is 1160. The molecule has 154 valence electrons. The number of aromatic amines is 1. The number of carbonyl (C=O) groups excluding carboxylic acids is 1. The van der Waals surface area contributed by atoms with E-state index in [4.69, 9.17) is 0 Å². The van der Waals surface area contributed by atoms with Crippen molar-refractivity contribution in [1.29, 1.82) is 0 Å². The molecule has 2 atom stereocenters. The van der Waals surface area contributed by atoms with Gasteiger partial charge in [-0.05, 0) is 49.4 Å². The smallest absolute Gasteiger partial charge is 0.261 e. The van der Waals surface area contributed by atoms with Gasteiger partial charge in [0.15, 0.2) is 0 Å². The Kier molecular flexibility index (Phi) is 4.57.